The van der Waals surface area contributed by atoms with Crippen molar-refractivity contribution in [1.82, 2.24) is 4.90 Å². The van der Waals surface area contributed by atoms with Gasteiger partial charge in [-0.3, -0.25) is 4.79 Å². The Hall–Kier alpha value is -2.25. The molecule has 1 aliphatic rings. The lowest BCUT2D eigenvalue weighted by atomic mass is 9.94. The number of esters is 1. The van der Waals surface area contributed by atoms with Gasteiger partial charge in [-0.15, -0.1) is 0 Å². The van der Waals surface area contributed by atoms with Crippen LogP contribution in [0.4, 0.5) is 13.2 Å². The van der Waals surface area contributed by atoms with Crippen molar-refractivity contribution in [2.45, 2.75) is 19.1 Å². The molecule has 0 spiro atoms. The molecule has 1 aromatic carbocycles. The van der Waals surface area contributed by atoms with E-state index >= 15 is 0 Å². The highest BCUT2D eigenvalue weighted by Crippen LogP contribution is 2.30. The van der Waals surface area contributed by atoms with Gasteiger partial charge >= 0.3 is 18.1 Å². The molecule has 0 saturated heterocycles. The number of carbonyl (C=O) groups is 2. The summed E-state index contributed by atoms with van der Waals surface area (Å²) in [5.74, 6) is -2.90. The fraction of sp³-hybridized carbons (Fsp3) is 0.385. The Morgan fingerprint density at radius 3 is 2.57 bits per heavy atom. The molecule has 0 fully saturated rings. The van der Waals surface area contributed by atoms with Crippen molar-refractivity contribution < 1.29 is 32.6 Å². The number of alkyl halides is 3. The molecular weight excluding hydrogens is 291 g/mol. The Bertz CT molecular complexity index is 598. The Labute approximate surface area is 117 Å². The van der Waals surface area contributed by atoms with Gasteiger partial charge in [0.1, 0.15) is 5.75 Å². The number of rotatable bonds is 1. The molecule has 1 heterocycles. The summed E-state index contributed by atoms with van der Waals surface area (Å²) in [5.41, 5.74) is 0.761. The molecule has 0 saturated carbocycles. The Morgan fingerprint density at radius 2 is 2.00 bits per heavy atom. The summed E-state index contributed by atoms with van der Waals surface area (Å²) in [4.78, 5) is 23.6. The number of hydrogen-bond donors (Lipinski definition) is 1. The second kappa shape index (κ2) is 5.27. The number of carbonyl (C=O) groups excluding carboxylic acids is 2. The molecule has 1 aliphatic heterocycles. The Balaban J connectivity index is 2.39. The van der Waals surface area contributed by atoms with E-state index in [0.29, 0.717) is 10.5 Å². The van der Waals surface area contributed by atoms with Crippen LogP contribution in [0.5, 0.6) is 5.75 Å². The molecule has 1 aromatic rings. The third kappa shape index (κ3) is 2.93. The first-order valence-corrected chi connectivity index (χ1v) is 6.03. The van der Waals surface area contributed by atoms with Gasteiger partial charge < -0.3 is 14.7 Å². The minimum Gasteiger partial charge on any atom is -0.508 e. The number of aromatic hydroxyl groups is 1. The van der Waals surface area contributed by atoms with E-state index in [1.165, 1.54) is 6.07 Å². The van der Waals surface area contributed by atoms with Crippen molar-refractivity contribution in [3.8, 4) is 5.75 Å². The minimum absolute atomic E-state index is 0.0350. The molecule has 0 radical (unpaired) electrons. The smallest absolute Gasteiger partial charge is 0.471 e. The molecule has 0 bridgehead atoms. The Kier molecular flexibility index (Phi) is 3.80. The quantitative estimate of drug-likeness (QED) is 0.801. The molecule has 0 unspecified atom stereocenters. The average molecular weight is 303 g/mol. The number of amides is 1. The van der Waals surface area contributed by atoms with Gasteiger partial charge in [0.15, 0.2) is 0 Å². The number of benzene rings is 1. The van der Waals surface area contributed by atoms with Gasteiger partial charge in [0, 0.05) is 13.1 Å². The summed E-state index contributed by atoms with van der Waals surface area (Å²) in [5, 5.41) is 9.55. The van der Waals surface area contributed by atoms with Crippen molar-refractivity contribution >= 4 is 11.9 Å². The third-order valence-electron chi connectivity index (χ3n) is 3.26. The molecule has 1 N–H and O–H groups in total. The van der Waals surface area contributed by atoms with E-state index in [9.17, 15) is 27.9 Å². The fourth-order valence-corrected chi connectivity index (χ4v) is 2.30. The predicted molar refractivity (Wildman–Crippen MR) is 64.6 cm³/mol. The van der Waals surface area contributed by atoms with Crippen molar-refractivity contribution in [3.05, 3.63) is 28.8 Å². The maximum atomic E-state index is 12.5. The van der Waals surface area contributed by atoms with Crippen LogP contribution in [0.15, 0.2) is 12.1 Å². The number of hydrogen-bond acceptors (Lipinski definition) is 4. The summed E-state index contributed by atoms with van der Waals surface area (Å²) in [6.07, 6.45) is -4.84. The first kappa shape index (κ1) is 15.1. The van der Waals surface area contributed by atoms with Gasteiger partial charge in [-0.2, -0.15) is 13.2 Å². The van der Waals surface area contributed by atoms with Crippen LogP contribution in [0, 0.1) is 0 Å². The van der Waals surface area contributed by atoms with E-state index in [0.717, 1.165) is 13.2 Å². The number of phenolic OH excluding ortho intramolecular Hbond substituents is 1. The standard InChI is InChI=1S/C13H12F3NO4/c1-21-11(19)9-5-8(18)4-7-2-3-17(6-10(7)9)12(20)13(14,15)16/h4-5,18H,2-3,6H2,1H3. The average Bonchev–Trinajstić information content (AvgIpc) is 2.43. The number of ether oxygens (including phenoxy) is 1. The molecule has 0 aliphatic carbocycles. The van der Waals surface area contributed by atoms with E-state index in [-0.39, 0.29) is 36.4 Å². The highest BCUT2D eigenvalue weighted by molar-refractivity contribution is 5.92. The van der Waals surface area contributed by atoms with Crippen LogP contribution in [0.1, 0.15) is 21.5 Å². The van der Waals surface area contributed by atoms with Crippen LogP contribution in [0.3, 0.4) is 0 Å². The van der Waals surface area contributed by atoms with E-state index in [4.69, 9.17) is 0 Å². The SMILES string of the molecule is COC(=O)c1cc(O)cc2c1CN(C(=O)C(F)(F)F)CC2. The molecule has 1 amide bonds. The lowest BCUT2D eigenvalue weighted by Crippen LogP contribution is -2.44. The van der Waals surface area contributed by atoms with E-state index in [1.54, 1.807) is 0 Å². The molecule has 114 valence electrons. The second-order valence-corrected chi connectivity index (χ2v) is 4.60. The summed E-state index contributed by atoms with van der Waals surface area (Å²) in [6.45, 7) is -0.478. The van der Waals surface area contributed by atoms with Gasteiger partial charge in [0.2, 0.25) is 0 Å². The molecule has 21 heavy (non-hydrogen) atoms. The number of phenols is 1. The lowest BCUT2D eigenvalue weighted by molar-refractivity contribution is -0.186. The molecule has 5 nitrogen and oxygen atoms in total. The van der Waals surface area contributed by atoms with Gasteiger partial charge in [-0.1, -0.05) is 0 Å². The van der Waals surface area contributed by atoms with Crippen LogP contribution in [-0.2, 0) is 22.5 Å². The Morgan fingerprint density at radius 1 is 1.33 bits per heavy atom. The summed E-state index contributed by atoms with van der Waals surface area (Å²) < 4.78 is 42.0. The van der Waals surface area contributed by atoms with Crippen LogP contribution in [0.2, 0.25) is 0 Å². The van der Waals surface area contributed by atoms with E-state index in [1.807, 2.05) is 0 Å². The maximum absolute atomic E-state index is 12.5. The highest BCUT2D eigenvalue weighted by Gasteiger charge is 2.43. The zero-order valence-corrected chi connectivity index (χ0v) is 11.0. The molecule has 2 rings (SSSR count). The van der Waals surface area contributed by atoms with Gasteiger partial charge in [-0.25, -0.2) is 4.79 Å². The molecular formula is C13H12F3NO4. The maximum Gasteiger partial charge on any atom is 0.471 e. The lowest BCUT2D eigenvalue weighted by Gasteiger charge is -2.30. The van der Waals surface area contributed by atoms with Crippen molar-refractivity contribution in [1.29, 1.82) is 0 Å². The fourth-order valence-electron chi connectivity index (χ4n) is 2.30. The minimum atomic E-state index is -4.96. The highest BCUT2D eigenvalue weighted by atomic mass is 19.4. The summed E-state index contributed by atoms with van der Waals surface area (Å²) in [6, 6.07) is 2.49. The van der Waals surface area contributed by atoms with Crippen LogP contribution in [-0.4, -0.2) is 41.7 Å². The number of halogens is 3. The van der Waals surface area contributed by atoms with Crippen molar-refractivity contribution in [3.63, 3.8) is 0 Å². The van der Waals surface area contributed by atoms with Crippen LogP contribution >= 0.6 is 0 Å². The largest absolute Gasteiger partial charge is 0.508 e. The van der Waals surface area contributed by atoms with Gasteiger partial charge in [-0.05, 0) is 29.7 Å². The number of methoxy groups -OCH3 is 1. The van der Waals surface area contributed by atoms with Crippen LogP contribution in [0.25, 0.3) is 0 Å². The zero-order chi connectivity index (χ0) is 15.8. The van der Waals surface area contributed by atoms with E-state index in [2.05, 4.69) is 4.74 Å². The zero-order valence-electron chi connectivity index (χ0n) is 11.0. The topological polar surface area (TPSA) is 66.8 Å². The van der Waals surface area contributed by atoms with Crippen molar-refractivity contribution in [2.75, 3.05) is 13.7 Å². The molecule has 0 atom stereocenters. The molecule has 0 aromatic heterocycles. The van der Waals surface area contributed by atoms with Gasteiger partial charge in [0.05, 0.1) is 12.7 Å². The van der Waals surface area contributed by atoms with Crippen LogP contribution < -0.4 is 0 Å². The number of nitrogens with zero attached hydrogens (tertiary/aromatic N) is 1. The van der Waals surface area contributed by atoms with Gasteiger partial charge in [0.25, 0.3) is 0 Å². The summed E-state index contributed by atoms with van der Waals surface area (Å²) in [7, 11) is 1.13. The third-order valence-corrected chi connectivity index (χ3v) is 3.26. The second-order valence-electron chi connectivity index (χ2n) is 4.60. The monoisotopic (exact) mass is 303 g/mol. The van der Waals surface area contributed by atoms with E-state index < -0.39 is 18.1 Å². The normalized spacial score (nSPS) is 14.6. The summed E-state index contributed by atoms with van der Waals surface area (Å²) >= 11 is 0. The van der Waals surface area contributed by atoms with Crippen molar-refractivity contribution in [2.24, 2.45) is 0 Å². The first-order valence-electron chi connectivity index (χ1n) is 6.03. The number of fused-ring (bicyclic) bond motifs is 1. The molecule has 8 heteroatoms. The predicted octanol–water partition coefficient (Wildman–Crippen LogP) is 1.63. The first-order chi connectivity index (χ1) is 9.74.